The zero-order valence-corrected chi connectivity index (χ0v) is 26.2. The lowest BCUT2D eigenvalue weighted by Crippen LogP contribution is -2.60. The molecular formula is C32H42O16. The number of hydrogen-bond acceptors (Lipinski definition) is 16. The van der Waals surface area contributed by atoms with E-state index in [1.807, 2.05) is 0 Å². The standard InChI is InChI=1S/C32H42O16/c1-42-18-6-5-15(10-19(18)45-32-28(41)26(39)24(37)22(13-35)47-32)29-17(11-33)16-8-14(9-20(43-2)30(16)48-29)4-3-7-44-31-27(40)25(38)23(36)21(12-34)46-31/h3-6,8-10,17,21-29,31-41H,7,11-13H2,1-2H3/t17-,21+,22+,23+,24+,25-,26-,27+,28+,29-,31-,32-/m0/s1. The first-order chi connectivity index (χ1) is 23.1. The van der Waals surface area contributed by atoms with Crippen LogP contribution < -0.4 is 18.9 Å². The molecule has 0 saturated carbocycles. The molecule has 0 bridgehead atoms. The van der Waals surface area contributed by atoms with Gasteiger partial charge in [-0.25, -0.2) is 0 Å². The van der Waals surface area contributed by atoms with Crippen LogP contribution in [0, 0.1) is 0 Å². The molecule has 3 aliphatic rings. The van der Waals surface area contributed by atoms with E-state index in [4.69, 9.17) is 33.2 Å². The Morgan fingerprint density at radius 3 is 1.92 bits per heavy atom. The van der Waals surface area contributed by atoms with Crippen LogP contribution in [0.4, 0.5) is 0 Å². The molecule has 5 rings (SSSR count). The molecule has 0 amide bonds. The Labute approximate surface area is 275 Å². The minimum atomic E-state index is -1.65. The fourth-order valence-electron chi connectivity index (χ4n) is 5.95. The van der Waals surface area contributed by atoms with Gasteiger partial charge in [-0.3, -0.25) is 0 Å². The number of rotatable bonds is 12. The maximum Gasteiger partial charge on any atom is 0.229 e. The van der Waals surface area contributed by atoms with Crippen LogP contribution in [-0.4, -0.2) is 148 Å². The summed E-state index contributed by atoms with van der Waals surface area (Å²) in [4.78, 5) is 0. The van der Waals surface area contributed by atoms with Crippen molar-refractivity contribution < 1.29 is 79.1 Å². The van der Waals surface area contributed by atoms with E-state index in [1.165, 1.54) is 14.2 Å². The van der Waals surface area contributed by atoms with Crippen molar-refractivity contribution in [3.8, 4) is 23.0 Å². The minimum Gasteiger partial charge on any atom is -0.493 e. The second-order valence-electron chi connectivity index (χ2n) is 11.6. The molecular weight excluding hydrogens is 640 g/mol. The van der Waals surface area contributed by atoms with Crippen molar-refractivity contribution in [1.82, 2.24) is 0 Å². The van der Waals surface area contributed by atoms with Crippen LogP contribution in [0.1, 0.15) is 28.7 Å². The molecule has 3 aliphatic heterocycles. The Balaban J connectivity index is 1.33. The lowest BCUT2D eigenvalue weighted by molar-refractivity contribution is -0.298. The number of fused-ring (bicyclic) bond motifs is 1. The summed E-state index contributed by atoms with van der Waals surface area (Å²) in [5.74, 6) is 0.576. The van der Waals surface area contributed by atoms with Gasteiger partial charge < -0.3 is 79.1 Å². The summed E-state index contributed by atoms with van der Waals surface area (Å²) in [6.07, 6.45) is -11.9. The van der Waals surface area contributed by atoms with E-state index in [0.717, 1.165) is 0 Å². The summed E-state index contributed by atoms with van der Waals surface area (Å²) < 4.78 is 39.6. The number of hydrogen-bond donors (Lipinski definition) is 9. The molecule has 2 fully saturated rings. The van der Waals surface area contributed by atoms with Gasteiger partial charge in [0, 0.05) is 5.56 Å². The van der Waals surface area contributed by atoms with E-state index in [9.17, 15) is 46.0 Å². The van der Waals surface area contributed by atoms with Crippen LogP contribution in [0.15, 0.2) is 36.4 Å². The van der Waals surface area contributed by atoms with Gasteiger partial charge in [-0.05, 0) is 35.4 Å². The molecule has 2 aromatic carbocycles. The van der Waals surface area contributed by atoms with Crippen molar-refractivity contribution in [1.29, 1.82) is 0 Å². The van der Waals surface area contributed by atoms with Crippen molar-refractivity contribution in [2.45, 2.75) is 73.4 Å². The van der Waals surface area contributed by atoms with Gasteiger partial charge in [0.05, 0.1) is 46.6 Å². The number of benzene rings is 2. The van der Waals surface area contributed by atoms with Gasteiger partial charge in [0.25, 0.3) is 0 Å². The summed E-state index contributed by atoms with van der Waals surface area (Å²) in [6.45, 7) is -1.58. The van der Waals surface area contributed by atoms with E-state index in [-0.39, 0.29) is 24.7 Å². The summed E-state index contributed by atoms with van der Waals surface area (Å²) >= 11 is 0. The van der Waals surface area contributed by atoms with Gasteiger partial charge in [0.15, 0.2) is 29.3 Å². The molecule has 9 N–H and O–H groups in total. The van der Waals surface area contributed by atoms with Gasteiger partial charge in [0.2, 0.25) is 6.29 Å². The monoisotopic (exact) mass is 682 g/mol. The number of aliphatic hydroxyl groups excluding tert-OH is 9. The highest BCUT2D eigenvalue weighted by atomic mass is 16.7. The number of methoxy groups -OCH3 is 2. The molecule has 2 saturated heterocycles. The maximum atomic E-state index is 10.5. The van der Waals surface area contributed by atoms with Crippen LogP contribution in [0.5, 0.6) is 23.0 Å². The minimum absolute atomic E-state index is 0.0618. The van der Waals surface area contributed by atoms with Crippen molar-refractivity contribution in [3.63, 3.8) is 0 Å². The van der Waals surface area contributed by atoms with E-state index < -0.39 is 86.6 Å². The smallest absolute Gasteiger partial charge is 0.229 e. The largest absolute Gasteiger partial charge is 0.493 e. The summed E-state index contributed by atoms with van der Waals surface area (Å²) in [5, 5.41) is 90.3. The quantitative estimate of drug-likeness (QED) is 0.117. The Kier molecular flexibility index (Phi) is 11.8. The molecule has 0 aliphatic carbocycles. The van der Waals surface area contributed by atoms with Crippen LogP contribution in [0.3, 0.4) is 0 Å². The SMILES string of the molecule is COc1ccc([C@@H]2Oc3c(OC)cc(C=CCO[C@H]4O[C@H](CO)[C@@H](O)[C@H](O)[C@H]4O)cc3[C@@H]2CO)cc1O[C@H]1O[C@H](CO)[C@@H](O)[C@H](O)[C@H]1O. The van der Waals surface area contributed by atoms with Crippen LogP contribution in [-0.2, 0) is 14.2 Å². The molecule has 0 radical (unpaired) electrons. The van der Waals surface area contributed by atoms with Crippen molar-refractivity contribution in [2.24, 2.45) is 0 Å². The molecule has 3 heterocycles. The molecule has 0 spiro atoms. The summed E-state index contributed by atoms with van der Waals surface area (Å²) in [7, 11) is 2.87. The number of aliphatic hydroxyl groups is 9. The van der Waals surface area contributed by atoms with E-state index in [0.29, 0.717) is 28.2 Å². The molecule has 0 aromatic heterocycles. The summed E-state index contributed by atoms with van der Waals surface area (Å²) in [6, 6.07) is 8.39. The van der Waals surface area contributed by atoms with Crippen LogP contribution in [0.25, 0.3) is 6.08 Å². The lowest BCUT2D eigenvalue weighted by Gasteiger charge is -2.39. The Bertz CT molecular complexity index is 1400. The van der Waals surface area contributed by atoms with Gasteiger partial charge in [0.1, 0.15) is 54.9 Å². The Hall–Kier alpha value is -3.10. The first-order valence-corrected chi connectivity index (χ1v) is 15.3. The van der Waals surface area contributed by atoms with E-state index in [2.05, 4.69) is 0 Å². The fourth-order valence-corrected chi connectivity index (χ4v) is 5.95. The first-order valence-electron chi connectivity index (χ1n) is 15.3. The molecule has 48 heavy (non-hydrogen) atoms. The van der Waals surface area contributed by atoms with Gasteiger partial charge in [-0.1, -0.05) is 18.2 Å². The van der Waals surface area contributed by atoms with Crippen LogP contribution in [0.2, 0.25) is 0 Å². The highest BCUT2D eigenvalue weighted by molar-refractivity contribution is 5.62. The van der Waals surface area contributed by atoms with Gasteiger partial charge in [-0.15, -0.1) is 0 Å². The van der Waals surface area contributed by atoms with E-state index >= 15 is 0 Å². The normalized spacial score (nSPS) is 34.9. The Morgan fingerprint density at radius 1 is 0.688 bits per heavy atom. The predicted molar refractivity (Wildman–Crippen MR) is 162 cm³/mol. The van der Waals surface area contributed by atoms with Crippen LogP contribution >= 0.6 is 0 Å². The van der Waals surface area contributed by atoms with Crippen molar-refractivity contribution in [2.75, 3.05) is 40.6 Å². The Morgan fingerprint density at radius 2 is 1.31 bits per heavy atom. The average molecular weight is 683 g/mol. The molecule has 16 nitrogen and oxygen atoms in total. The van der Waals surface area contributed by atoms with E-state index in [1.54, 1.807) is 42.5 Å². The molecule has 0 unspecified atom stereocenters. The third-order valence-corrected chi connectivity index (χ3v) is 8.66. The predicted octanol–water partition coefficient (Wildman–Crippen LogP) is -2.08. The van der Waals surface area contributed by atoms with Crippen molar-refractivity contribution >= 4 is 6.08 Å². The van der Waals surface area contributed by atoms with Gasteiger partial charge >= 0.3 is 0 Å². The molecule has 16 heteroatoms. The van der Waals surface area contributed by atoms with Gasteiger partial charge in [-0.2, -0.15) is 0 Å². The first kappa shape index (κ1) is 36.2. The molecule has 12 atom stereocenters. The third kappa shape index (κ3) is 7.11. The lowest BCUT2D eigenvalue weighted by atomic mass is 9.90. The molecule has 2 aromatic rings. The maximum absolute atomic E-state index is 10.5. The zero-order chi connectivity index (χ0) is 34.7. The van der Waals surface area contributed by atoms with Crippen molar-refractivity contribution in [3.05, 3.63) is 53.1 Å². The fraction of sp³-hybridized carbons (Fsp3) is 0.562. The molecule has 266 valence electrons. The average Bonchev–Trinajstić information content (AvgIpc) is 3.48. The highest BCUT2D eigenvalue weighted by Gasteiger charge is 2.46. The zero-order valence-electron chi connectivity index (χ0n) is 26.2. The topological polar surface area (TPSA) is 247 Å². The number of ether oxygens (including phenoxy) is 7. The second kappa shape index (κ2) is 15.6. The summed E-state index contributed by atoms with van der Waals surface area (Å²) in [5.41, 5.74) is 1.85. The second-order valence-corrected chi connectivity index (χ2v) is 11.6. The third-order valence-electron chi connectivity index (χ3n) is 8.66. The highest BCUT2D eigenvalue weighted by Crippen LogP contribution is 2.51.